The molecule has 0 atom stereocenters. The predicted molar refractivity (Wildman–Crippen MR) is 163 cm³/mol. The van der Waals surface area contributed by atoms with Gasteiger partial charge in [-0.1, -0.05) is 188 Å². The molecule has 208 valence electrons. The molecular formula is C31H79N. The van der Waals surface area contributed by atoms with Gasteiger partial charge in [0, 0.05) is 0 Å². The minimum atomic E-state index is 0.935. The Hall–Kier alpha value is -0.0400. The first kappa shape index (κ1) is 53.4. The fourth-order valence-electron chi connectivity index (χ4n) is 1.75. The molecule has 0 heterocycles. The number of rotatable bonds is 9. The van der Waals surface area contributed by atoms with Crippen LogP contribution < -0.4 is 5.73 Å². The van der Waals surface area contributed by atoms with Gasteiger partial charge in [-0.15, -0.1) is 0 Å². The molecule has 1 nitrogen and oxygen atoms in total. The van der Waals surface area contributed by atoms with E-state index in [1.54, 1.807) is 0 Å². The average molecular weight is 466 g/mol. The first-order chi connectivity index (χ1) is 15.4. The van der Waals surface area contributed by atoms with Crippen molar-refractivity contribution < 1.29 is 0 Å². The first-order valence-electron chi connectivity index (χ1n) is 15.0. The van der Waals surface area contributed by atoms with Crippen LogP contribution in [0.4, 0.5) is 0 Å². The largest absolute Gasteiger partial charge is 0.333 e. The maximum Gasteiger partial charge on any atom is -0.0195 e. The first-order valence-corrected chi connectivity index (χ1v) is 15.0. The summed E-state index contributed by atoms with van der Waals surface area (Å²) in [5.41, 5.74) is 4.50. The molecule has 0 saturated heterocycles. The van der Waals surface area contributed by atoms with Crippen LogP contribution in [0.1, 0.15) is 188 Å². The second-order valence-electron chi connectivity index (χ2n) is 7.45. The normalized spacial score (nSPS) is 7.88. The van der Waals surface area contributed by atoms with Crippen molar-refractivity contribution >= 4 is 0 Å². The van der Waals surface area contributed by atoms with Gasteiger partial charge in [-0.3, -0.25) is 0 Å². The second-order valence-corrected chi connectivity index (χ2v) is 7.45. The van der Waals surface area contributed by atoms with Crippen molar-refractivity contribution in [2.75, 3.05) is 7.05 Å². The van der Waals surface area contributed by atoms with Gasteiger partial charge >= 0.3 is 0 Å². The van der Waals surface area contributed by atoms with Crippen LogP contribution >= 0.6 is 0 Å². The third-order valence-corrected chi connectivity index (χ3v) is 4.45. The lowest BCUT2D eigenvalue weighted by Gasteiger charge is -2.08. The Morgan fingerprint density at radius 3 is 0.781 bits per heavy atom. The zero-order valence-electron chi connectivity index (χ0n) is 27.2. The van der Waals surface area contributed by atoms with Gasteiger partial charge in [-0.25, -0.2) is 0 Å². The molecule has 0 saturated carbocycles. The SMILES string of the molecule is CC.CC.CCC.CCC(C)CC.CCCC.CCCC(CC)CC.CCCCC.CN. The fraction of sp³-hybridized carbons (Fsp3) is 1.00. The van der Waals surface area contributed by atoms with Gasteiger partial charge in [0.15, 0.2) is 0 Å². The molecule has 0 aromatic heterocycles. The highest BCUT2D eigenvalue weighted by atomic mass is 14.4. The summed E-state index contributed by atoms with van der Waals surface area (Å²) in [6, 6.07) is 0. The van der Waals surface area contributed by atoms with E-state index >= 15 is 0 Å². The monoisotopic (exact) mass is 466 g/mol. The van der Waals surface area contributed by atoms with E-state index in [0.717, 1.165) is 11.8 Å². The van der Waals surface area contributed by atoms with Crippen LogP contribution in [-0.4, -0.2) is 7.05 Å². The maximum absolute atomic E-state index is 4.50. The van der Waals surface area contributed by atoms with E-state index in [1.165, 1.54) is 84.1 Å². The molecule has 0 aromatic rings. The molecule has 0 amide bonds. The van der Waals surface area contributed by atoms with Crippen LogP contribution in [0.3, 0.4) is 0 Å². The lowest BCUT2D eigenvalue weighted by atomic mass is 9.98. The van der Waals surface area contributed by atoms with Crippen LogP contribution in [0.2, 0.25) is 0 Å². The van der Waals surface area contributed by atoms with Gasteiger partial charge in [-0.2, -0.15) is 0 Å². The van der Waals surface area contributed by atoms with Crippen LogP contribution in [-0.2, 0) is 0 Å². The molecule has 0 spiro atoms. The average Bonchev–Trinajstić information content (AvgIpc) is 2.87. The van der Waals surface area contributed by atoms with Crippen molar-refractivity contribution in [3.63, 3.8) is 0 Å². The lowest BCUT2D eigenvalue weighted by molar-refractivity contribution is 0.451. The third-order valence-electron chi connectivity index (χ3n) is 4.45. The van der Waals surface area contributed by atoms with Crippen LogP contribution in [0, 0.1) is 11.8 Å². The summed E-state index contributed by atoms with van der Waals surface area (Å²) in [6.45, 7) is 34.6. The number of unbranched alkanes of at least 4 members (excludes halogenated alkanes) is 3. The summed E-state index contributed by atoms with van der Waals surface area (Å²) < 4.78 is 0. The van der Waals surface area contributed by atoms with Gasteiger partial charge in [0.05, 0.1) is 0 Å². The van der Waals surface area contributed by atoms with Gasteiger partial charge in [-0.05, 0) is 18.9 Å². The summed E-state index contributed by atoms with van der Waals surface area (Å²) in [5.74, 6) is 1.94. The Bertz CT molecular complexity index is 145. The van der Waals surface area contributed by atoms with E-state index in [9.17, 15) is 0 Å². The maximum atomic E-state index is 4.50. The molecule has 0 aliphatic rings. The molecule has 2 N–H and O–H groups in total. The number of hydrogen-bond donors (Lipinski definition) is 1. The van der Waals surface area contributed by atoms with E-state index in [2.05, 4.69) is 88.8 Å². The van der Waals surface area contributed by atoms with E-state index in [1.807, 2.05) is 27.7 Å². The van der Waals surface area contributed by atoms with Gasteiger partial charge in [0.2, 0.25) is 0 Å². The molecule has 0 aromatic carbocycles. The van der Waals surface area contributed by atoms with Crippen molar-refractivity contribution in [1.29, 1.82) is 0 Å². The summed E-state index contributed by atoms with van der Waals surface area (Å²) >= 11 is 0. The van der Waals surface area contributed by atoms with Gasteiger partial charge in [0.25, 0.3) is 0 Å². The molecule has 0 aliphatic carbocycles. The zero-order chi connectivity index (χ0) is 27.6. The van der Waals surface area contributed by atoms with Gasteiger partial charge < -0.3 is 5.73 Å². The molecule has 0 aliphatic heterocycles. The molecule has 1 heteroatoms. The fourth-order valence-corrected chi connectivity index (χ4v) is 1.75. The Morgan fingerprint density at radius 2 is 0.750 bits per heavy atom. The Kier molecular flexibility index (Phi) is 144. The lowest BCUT2D eigenvalue weighted by Crippen LogP contribution is -1.94. The summed E-state index contributed by atoms with van der Waals surface area (Å²) in [7, 11) is 1.50. The Morgan fingerprint density at radius 1 is 0.469 bits per heavy atom. The van der Waals surface area contributed by atoms with Crippen molar-refractivity contribution in [1.82, 2.24) is 0 Å². The third kappa shape index (κ3) is 129. The van der Waals surface area contributed by atoms with E-state index in [4.69, 9.17) is 0 Å². The summed E-state index contributed by atoms with van der Waals surface area (Å²) in [6.07, 6.45) is 16.1. The molecular weight excluding hydrogens is 386 g/mol. The van der Waals surface area contributed by atoms with Crippen molar-refractivity contribution in [2.45, 2.75) is 188 Å². The van der Waals surface area contributed by atoms with E-state index in [0.29, 0.717) is 0 Å². The van der Waals surface area contributed by atoms with Crippen LogP contribution in [0.5, 0.6) is 0 Å². The van der Waals surface area contributed by atoms with Crippen molar-refractivity contribution in [2.24, 2.45) is 17.6 Å². The molecule has 0 bridgehead atoms. The quantitative estimate of drug-likeness (QED) is 0.360. The van der Waals surface area contributed by atoms with Gasteiger partial charge in [0.1, 0.15) is 0 Å². The Labute approximate surface area is 212 Å². The van der Waals surface area contributed by atoms with Crippen LogP contribution in [0.15, 0.2) is 0 Å². The minimum Gasteiger partial charge on any atom is -0.333 e. The molecule has 0 radical (unpaired) electrons. The summed E-state index contributed by atoms with van der Waals surface area (Å²) in [4.78, 5) is 0. The number of nitrogens with two attached hydrogens (primary N) is 1. The zero-order valence-corrected chi connectivity index (χ0v) is 27.2. The van der Waals surface area contributed by atoms with E-state index in [-0.39, 0.29) is 0 Å². The minimum absolute atomic E-state index is 0.935. The Balaban J connectivity index is -0.0000000363. The second kappa shape index (κ2) is 86.2. The highest BCUT2D eigenvalue weighted by Crippen LogP contribution is 2.13. The standard InChI is InChI=1S/C8H18.C6H14.C5H12.C4H10.C3H8.2C2H6.CH5N/c1-4-7-8(5-2)6-3;1-4-6(3)5-2;1-3-5-4-2;1-3-4-2;1-3-2;3*1-2/h8H,4-7H2,1-3H3;6H,4-5H2,1-3H3;3-5H2,1-2H3;3-4H2,1-2H3;3H2,1-2H3;2*1-2H3;2H2,1H3. The smallest absolute Gasteiger partial charge is 0.0195 e. The summed E-state index contributed by atoms with van der Waals surface area (Å²) in [5, 5.41) is 0. The highest BCUT2D eigenvalue weighted by Gasteiger charge is 1.98. The number of hydrogen-bond acceptors (Lipinski definition) is 1. The molecule has 0 fully saturated rings. The highest BCUT2D eigenvalue weighted by molar-refractivity contribution is 4.51. The van der Waals surface area contributed by atoms with Crippen molar-refractivity contribution in [3.8, 4) is 0 Å². The van der Waals surface area contributed by atoms with E-state index < -0.39 is 0 Å². The predicted octanol–water partition coefficient (Wildman–Crippen LogP) is 12.7. The molecule has 32 heavy (non-hydrogen) atoms. The topological polar surface area (TPSA) is 26.0 Å². The van der Waals surface area contributed by atoms with Crippen LogP contribution in [0.25, 0.3) is 0 Å². The van der Waals surface area contributed by atoms with Crippen molar-refractivity contribution in [3.05, 3.63) is 0 Å². The molecule has 0 rings (SSSR count). The molecule has 0 unspecified atom stereocenters.